The van der Waals surface area contributed by atoms with Gasteiger partial charge in [-0.1, -0.05) is 46.9 Å². The third kappa shape index (κ3) is 3.64. The van der Waals surface area contributed by atoms with Gasteiger partial charge in [0.2, 0.25) is 0 Å². The van der Waals surface area contributed by atoms with Crippen molar-refractivity contribution in [2.75, 3.05) is 5.32 Å². The van der Waals surface area contributed by atoms with Gasteiger partial charge in [-0.05, 0) is 36.4 Å². The summed E-state index contributed by atoms with van der Waals surface area (Å²) in [7, 11) is 0. The number of aromatic nitrogens is 2. The molecular weight excluding hydrogens is 425 g/mol. The fourth-order valence-electron chi connectivity index (χ4n) is 2.54. The molecule has 0 spiro atoms. The Morgan fingerprint density at radius 1 is 1.00 bits per heavy atom. The van der Waals surface area contributed by atoms with Crippen molar-refractivity contribution in [3.05, 3.63) is 75.5 Å². The van der Waals surface area contributed by atoms with E-state index in [1.807, 2.05) is 24.3 Å². The molecule has 0 bridgehead atoms. The van der Waals surface area contributed by atoms with E-state index >= 15 is 0 Å². The molecule has 4 nitrogen and oxygen atoms in total. The lowest BCUT2D eigenvalue weighted by molar-refractivity contribution is 0.102. The summed E-state index contributed by atoms with van der Waals surface area (Å²) in [5, 5.41) is 4.39. The van der Waals surface area contributed by atoms with Gasteiger partial charge in [0.15, 0.2) is 0 Å². The van der Waals surface area contributed by atoms with Crippen molar-refractivity contribution in [2.24, 2.45) is 0 Å². The van der Waals surface area contributed by atoms with Crippen molar-refractivity contribution < 1.29 is 4.79 Å². The fraction of sp³-hybridized carbons (Fsp3) is 0. The zero-order valence-corrected chi connectivity index (χ0v) is 16.6. The van der Waals surface area contributed by atoms with E-state index < -0.39 is 5.91 Å². The highest BCUT2D eigenvalue weighted by molar-refractivity contribution is 7.21. The van der Waals surface area contributed by atoms with E-state index in [9.17, 15) is 4.79 Å². The Kier molecular flexibility index (Phi) is 5.02. The van der Waals surface area contributed by atoms with Crippen molar-refractivity contribution in [2.45, 2.75) is 0 Å². The van der Waals surface area contributed by atoms with Gasteiger partial charge in [0, 0.05) is 11.8 Å². The molecule has 0 unspecified atom stereocenters. The van der Waals surface area contributed by atoms with Crippen LogP contribution in [0.25, 0.3) is 20.8 Å². The van der Waals surface area contributed by atoms with Crippen LogP contribution in [-0.4, -0.2) is 15.9 Å². The molecule has 0 saturated carbocycles. The first-order valence-electron chi connectivity index (χ1n) is 7.80. The van der Waals surface area contributed by atoms with Crippen LogP contribution in [0.1, 0.15) is 10.4 Å². The van der Waals surface area contributed by atoms with Crippen molar-refractivity contribution in [1.82, 2.24) is 9.97 Å². The number of hydrogen-bond acceptors (Lipinski definition) is 4. The number of halogens is 3. The molecule has 2 aromatic carbocycles. The number of nitrogens with zero attached hydrogens (tertiary/aromatic N) is 2. The van der Waals surface area contributed by atoms with Crippen LogP contribution in [0.2, 0.25) is 15.2 Å². The minimum Gasteiger partial charge on any atom is -0.321 e. The third-order valence-electron chi connectivity index (χ3n) is 3.83. The molecule has 1 amide bonds. The second kappa shape index (κ2) is 7.44. The van der Waals surface area contributed by atoms with E-state index in [0.29, 0.717) is 21.3 Å². The first-order chi connectivity index (χ1) is 13.0. The molecule has 8 heteroatoms. The lowest BCUT2D eigenvalue weighted by Gasteiger charge is -2.11. The van der Waals surface area contributed by atoms with Crippen LogP contribution in [0.4, 0.5) is 5.69 Å². The number of carbonyl (C=O) groups excluding carboxylic acids is 1. The molecule has 0 aliphatic heterocycles. The van der Waals surface area contributed by atoms with Gasteiger partial charge in [-0.15, -0.1) is 11.3 Å². The number of carbonyl (C=O) groups is 1. The highest BCUT2D eigenvalue weighted by Crippen LogP contribution is 2.39. The standard InChI is InChI=1S/C19H10Cl3N3OS/c20-12-9-13(21)15(24-18(26)10-4-3-7-23-17(10)22)8-11(12)19-25-14-5-1-2-6-16(14)27-19/h1-9H,(H,24,26). The number of nitrogens with one attached hydrogen (secondary N) is 1. The predicted octanol–water partition coefficient (Wildman–Crippen LogP) is 6.57. The SMILES string of the molecule is O=C(Nc1cc(-c2nc3ccccc3s2)c(Cl)cc1Cl)c1cccnc1Cl. The van der Waals surface area contributed by atoms with E-state index in [2.05, 4.69) is 15.3 Å². The minimum absolute atomic E-state index is 0.117. The summed E-state index contributed by atoms with van der Waals surface area (Å²) in [6, 6.07) is 14.3. The maximum absolute atomic E-state index is 12.5. The highest BCUT2D eigenvalue weighted by Gasteiger charge is 2.17. The van der Waals surface area contributed by atoms with Crippen LogP contribution in [0.5, 0.6) is 0 Å². The first kappa shape index (κ1) is 18.2. The van der Waals surface area contributed by atoms with Gasteiger partial charge in [-0.3, -0.25) is 4.79 Å². The highest BCUT2D eigenvalue weighted by atomic mass is 35.5. The zero-order chi connectivity index (χ0) is 19.0. The second-order valence-electron chi connectivity index (χ2n) is 5.59. The monoisotopic (exact) mass is 433 g/mol. The van der Waals surface area contributed by atoms with E-state index in [1.165, 1.54) is 17.5 Å². The largest absolute Gasteiger partial charge is 0.321 e. The Hall–Kier alpha value is -2.18. The van der Waals surface area contributed by atoms with Crippen LogP contribution in [-0.2, 0) is 0 Å². The number of amides is 1. The van der Waals surface area contributed by atoms with Crippen LogP contribution in [0, 0.1) is 0 Å². The summed E-state index contributed by atoms with van der Waals surface area (Å²) in [5.74, 6) is -0.410. The number of pyridine rings is 1. The Labute approximate surface area is 173 Å². The van der Waals surface area contributed by atoms with Gasteiger partial charge >= 0.3 is 0 Å². The van der Waals surface area contributed by atoms with Gasteiger partial charge in [-0.2, -0.15) is 0 Å². The topological polar surface area (TPSA) is 54.9 Å². The molecule has 0 saturated heterocycles. The molecule has 4 rings (SSSR count). The number of anilines is 1. The lowest BCUT2D eigenvalue weighted by atomic mass is 10.2. The normalized spacial score (nSPS) is 10.9. The first-order valence-corrected chi connectivity index (χ1v) is 9.75. The smallest absolute Gasteiger partial charge is 0.258 e. The molecule has 0 radical (unpaired) electrons. The number of benzene rings is 2. The molecule has 0 aliphatic carbocycles. The number of thiazole rings is 1. The summed E-state index contributed by atoms with van der Waals surface area (Å²) in [4.78, 5) is 21.0. The molecule has 0 fully saturated rings. The summed E-state index contributed by atoms with van der Waals surface area (Å²) < 4.78 is 1.05. The van der Waals surface area contributed by atoms with Crippen LogP contribution in [0.3, 0.4) is 0 Å². The predicted molar refractivity (Wildman–Crippen MR) is 112 cm³/mol. The third-order valence-corrected chi connectivity index (χ3v) is 5.83. The molecule has 2 heterocycles. The summed E-state index contributed by atoms with van der Waals surface area (Å²) in [6.07, 6.45) is 1.51. The Morgan fingerprint density at radius 3 is 2.59 bits per heavy atom. The summed E-state index contributed by atoms with van der Waals surface area (Å²) >= 11 is 20.2. The zero-order valence-electron chi connectivity index (χ0n) is 13.5. The van der Waals surface area contributed by atoms with Gasteiger partial charge in [0.25, 0.3) is 5.91 Å². The number of para-hydroxylation sites is 1. The van der Waals surface area contributed by atoms with Crippen LogP contribution < -0.4 is 5.32 Å². The number of rotatable bonds is 3. The van der Waals surface area contributed by atoms with Crippen molar-refractivity contribution in [1.29, 1.82) is 0 Å². The maximum atomic E-state index is 12.5. The molecule has 1 N–H and O–H groups in total. The Bertz CT molecular complexity index is 1140. The number of fused-ring (bicyclic) bond motifs is 1. The molecule has 4 aromatic rings. The van der Waals surface area contributed by atoms with Crippen LogP contribution >= 0.6 is 46.1 Å². The molecule has 27 heavy (non-hydrogen) atoms. The second-order valence-corrected chi connectivity index (χ2v) is 7.80. The van der Waals surface area contributed by atoms with E-state index in [0.717, 1.165) is 15.2 Å². The van der Waals surface area contributed by atoms with Gasteiger partial charge in [0.1, 0.15) is 10.2 Å². The fourth-order valence-corrected chi connectivity index (χ4v) is 4.32. The Balaban J connectivity index is 1.73. The maximum Gasteiger partial charge on any atom is 0.258 e. The van der Waals surface area contributed by atoms with Gasteiger partial charge in [-0.25, -0.2) is 9.97 Å². The molecule has 2 aromatic heterocycles. The quantitative estimate of drug-likeness (QED) is 0.371. The van der Waals surface area contributed by atoms with E-state index in [4.69, 9.17) is 34.8 Å². The summed E-state index contributed by atoms with van der Waals surface area (Å²) in [6.45, 7) is 0. The molecule has 134 valence electrons. The lowest BCUT2D eigenvalue weighted by Crippen LogP contribution is -2.13. The Morgan fingerprint density at radius 2 is 1.81 bits per heavy atom. The van der Waals surface area contributed by atoms with Gasteiger partial charge in [0.05, 0.1) is 31.5 Å². The van der Waals surface area contributed by atoms with Gasteiger partial charge < -0.3 is 5.32 Å². The average Bonchev–Trinajstić information content (AvgIpc) is 3.08. The van der Waals surface area contributed by atoms with Crippen molar-refractivity contribution in [3.63, 3.8) is 0 Å². The average molecular weight is 435 g/mol. The van der Waals surface area contributed by atoms with Crippen molar-refractivity contribution >= 4 is 68.0 Å². The molecule has 0 aliphatic rings. The van der Waals surface area contributed by atoms with Crippen LogP contribution in [0.15, 0.2) is 54.7 Å². The van der Waals surface area contributed by atoms with E-state index in [1.54, 1.807) is 24.3 Å². The summed E-state index contributed by atoms with van der Waals surface area (Å²) in [5.41, 5.74) is 2.25. The number of hydrogen-bond donors (Lipinski definition) is 1. The van der Waals surface area contributed by atoms with Crippen molar-refractivity contribution in [3.8, 4) is 10.6 Å². The molecular formula is C19H10Cl3N3OS. The molecule has 0 atom stereocenters. The minimum atomic E-state index is -0.410. The van der Waals surface area contributed by atoms with E-state index in [-0.39, 0.29) is 10.7 Å².